The molecule has 2 heteroatoms. The highest BCUT2D eigenvalue weighted by atomic mass is 79.9. The Hall–Kier alpha value is -1.02. The Bertz CT molecular complexity index is 544. The highest BCUT2D eigenvalue weighted by Gasteiger charge is 2.14. The zero-order valence-electron chi connectivity index (χ0n) is 10.5. The van der Waals surface area contributed by atoms with Crippen molar-refractivity contribution in [2.24, 2.45) is 0 Å². The predicted molar refractivity (Wildman–Crippen MR) is 82.1 cm³/mol. The van der Waals surface area contributed by atoms with Gasteiger partial charge in [-0.2, -0.15) is 0 Å². The van der Waals surface area contributed by atoms with E-state index in [2.05, 4.69) is 57.6 Å². The molecule has 0 saturated heterocycles. The molecule has 0 unspecified atom stereocenters. The van der Waals surface area contributed by atoms with Crippen molar-refractivity contribution in [3.8, 4) is 0 Å². The number of benzene rings is 2. The van der Waals surface area contributed by atoms with Crippen molar-refractivity contribution in [3.63, 3.8) is 0 Å². The van der Waals surface area contributed by atoms with E-state index >= 15 is 0 Å². The molecular formula is C16H18BrN. The number of fused-ring (bicyclic) bond motifs is 1. The van der Waals surface area contributed by atoms with Crippen molar-refractivity contribution < 1.29 is 0 Å². The van der Waals surface area contributed by atoms with E-state index in [0.717, 1.165) is 0 Å². The Balaban J connectivity index is 1.93. The molecule has 1 aliphatic rings. The van der Waals surface area contributed by atoms with Gasteiger partial charge < -0.3 is 5.32 Å². The smallest absolute Gasteiger partial charge is 0.0422 e. The summed E-state index contributed by atoms with van der Waals surface area (Å²) in [6.45, 7) is 0. The summed E-state index contributed by atoms with van der Waals surface area (Å²) in [4.78, 5) is 0. The largest absolute Gasteiger partial charge is 0.382 e. The van der Waals surface area contributed by atoms with Gasteiger partial charge in [-0.3, -0.25) is 0 Å². The molecule has 18 heavy (non-hydrogen) atoms. The van der Waals surface area contributed by atoms with Crippen LogP contribution >= 0.6 is 15.9 Å². The van der Waals surface area contributed by atoms with Crippen molar-refractivity contribution in [3.05, 3.63) is 40.9 Å². The molecule has 0 atom stereocenters. The minimum Gasteiger partial charge on any atom is -0.382 e. The van der Waals surface area contributed by atoms with Crippen molar-refractivity contribution in [1.29, 1.82) is 0 Å². The highest BCUT2D eigenvalue weighted by molar-refractivity contribution is 9.10. The van der Waals surface area contributed by atoms with Gasteiger partial charge in [0, 0.05) is 21.6 Å². The first-order valence-corrected chi connectivity index (χ1v) is 7.58. The van der Waals surface area contributed by atoms with Crippen LogP contribution in [0.4, 0.5) is 5.69 Å². The van der Waals surface area contributed by atoms with Crippen LogP contribution in [-0.2, 0) is 0 Å². The van der Waals surface area contributed by atoms with E-state index in [1.807, 2.05) is 0 Å². The molecule has 0 radical (unpaired) electrons. The molecule has 0 bridgehead atoms. The van der Waals surface area contributed by atoms with Crippen molar-refractivity contribution in [2.75, 3.05) is 5.32 Å². The van der Waals surface area contributed by atoms with E-state index in [1.165, 1.54) is 53.0 Å². The molecule has 2 aromatic rings. The summed E-state index contributed by atoms with van der Waals surface area (Å²) in [5.74, 6) is 0. The molecular weight excluding hydrogens is 286 g/mol. The van der Waals surface area contributed by atoms with Crippen molar-refractivity contribution >= 4 is 32.4 Å². The maximum Gasteiger partial charge on any atom is 0.0422 e. The summed E-state index contributed by atoms with van der Waals surface area (Å²) >= 11 is 3.63. The molecule has 3 rings (SSSR count). The Kier molecular flexibility index (Phi) is 3.55. The van der Waals surface area contributed by atoms with E-state index in [-0.39, 0.29) is 0 Å². The Morgan fingerprint density at radius 1 is 0.889 bits per heavy atom. The summed E-state index contributed by atoms with van der Waals surface area (Å²) in [5.41, 5.74) is 1.28. The third-order valence-electron chi connectivity index (χ3n) is 3.83. The van der Waals surface area contributed by atoms with Crippen LogP contribution in [0, 0.1) is 0 Å². The van der Waals surface area contributed by atoms with E-state index in [9.17, 15) is 0 Å². The van der Waals surface area contributed by atoms with Crippen LogP contribution in [0.1, 0.15) is 32.1 Å². The maximum absolute atomic E-state index is 3.73. The maximum atomic E-state index is 3.73. The van der Waals surface area contributed by atoms with Gasteiger partial charge in [-0.25, -0.2) is 0 Å². The van der Waals surface area contributed by atoms with Gasteiger partial charge in [0.15, 0.2) is 0 Å². The second-order valence-electron chi connectivity index (χ2n) is 5.12. The summed E-state index contributed by atoms with van der Waals surface area (Å²) in [5, 5.41) is 6.34. The van der Waals surface area contributed by atoms with Gasteiger partial charge in [0.1, 0.15) is 0 Å². The predicted octanol–water partition coefficient (Wildman–Crippen LogP) is 5.35. The fourth-order valence-electron chi connectivity index (χ4n) is 2.86. The van der Waals surface area contributed by atoms with E-state index in [4.69, 9.17) is 0 Å². The van der Waals surface area contributed by atoms with Crippen LogP contribution in [0.5, 0.6) is 0 Å². The molecule has 0 aliphatic heterocycles. The molecule has 1 aliphatic carbocycles. The average molecular weight is 304 g/mol. The molecule has 94 valence electrons. The number of hydrogen-bond acceptors (Lipinski definition) is 1. The monoisotopic (exact) mass is 303 g/mol. The molecule has 0 aromatic heterocycles. The molecule has 2 aromatic carbocycles. The topological polar surface area (TPSA) is 12.0 Å². The van der Waals surface area contributed by atoms with Gasteiger partial charge in [-0.1, -0.05) is 59.5 Å². The van der Waals surface area contributed by atoms with Crippen LogP contribution in [0.25, 0.3) is 10.8 Å². The summed E-state index contributed by atoms with van der Waals surface area (Å²) < 4.78 is 1.17. The van der Waals surface area contributed by atoms with Gasteiger partial charge >= 0.3 is 0 Å². The van der Waals surface area contributed by atoms with Crippen LogP contribution in [0.2, 0.25) is 0 Å². The first-order chi connectivity index (χ1) is 8.84. The van der Waals surface area contributed by atoms with Crippen LogP contribution < -0.4 is 5.32 Å². The Morgan fingerprint density at radius 2 is 1.61 bits per heavy atom. The quantitative estimate of drug-likeness (QED) is 0.789. The van der Waals surface area contributed by atoms with Crippen LogP contribution in [0.3, 0.4) is 0 Å². The normalized spacial score (nSPS) is 16.9. The molecule has 0 spiro atoms. The fourth-order valence-corrected chi connectivity index (χ4v) is 3.36. The Morgan fingerprint density at radius 3 is 2.44 bits per heavy atom. The van der Waals surface area contributed by atoms with Crippen LogP contribution in [-0.4, -0.2) is 6.04 Å². The zero-order chi connectivity index (χ0) is 12.4. The number of anilines is 1. The van der Waals surface area contributed by atoms with Crippen LogP contribution in [0.15, 0.2) is 40.9 Å². The van der Waals surface area contributed by atoms with Gasteiger partial charge in [0.2, 0.25) is 0 Å². The van der Waals surface area contributed by atoms with Gasteiger partial charge in [-0.05, 0) is 30.4 Å². The number of halogens is 1. The highest BCUT2D eigenvalue weighted by Crippen LogP contribution is 2.31. The minimum absolute atomic E-state index is 0.656. The van der Waals surface area contributed by atoms with E-state index < -0.39 is 0 Å². The van der Waals surface area contributed by atoms with Crippen molar-refractivity contribution in [2.45, 2.75) is 38.1 Å². The molecule has 1 saturated carbocycles. The first kappa shape index (κ1) is 12.0. The summed E-state index contributed by atoms with van der Waals surface area (Å²) in [6, 6.07) is 13.6. The summed E-state index contributed by atoms with van der Waals surface area (Å²) in [7, 11) is 0. The average Bonchev–Trinajstić information content (AvgIpc) is 2.41. The van der Waals surface area contributed by atoms with Gasteiger partial charge in [-0.15, -0.1) is 0 Å². The number of hydrogen-bond donors (Lipinski definition) is 1. The third kappa shape index (κ3) is 2.39. The molecule has 1 N–H and O–H groups in total. The standard InChI is InChI=1S/C16H18BrN/c17-15-10-4-9-14-13(15)8-5-11-16(14)18-12-6-2-1-3-7-12/h4-5,8-12,18H,1-3,6-7H2. The lowest BCUT2D eigenvalue weighted by Gasteiger charge is -2.24. The van der Waals surface area contributed by atoms with E-state index in [1.54, 1.807) is 0 Å². The lowest BCUT2D eigenvalue weighted by molar-refractivity contribution is 0.463. The van der Waals surface area contributed by atoms with Gasteiger partial charge in [0.25, 0.3) is 0 Å². The molecule has 0 heterocycles. The summed E-state index contributed by atoms with van der Waals surface area (Å²) in [6.07, 6.45) is 6.76. The minimum atomic E-state index is 0.656. The number of nitrogens with one attached hydrogen (secondary N) is 1. The number of rotatable bonds is 2. The van der Waals surface area contributed by atoms with Crippen molar-refractivity contribution in [1.82, 2.24) is 0 Å². The fraction of sp³-hybridized carbons (Fsp3) is 0.375. The lowest BCUT2D eigenvalue weighted by Crippen LogP contribution is -2.22. The molecule has 0 amide bonds. The molecule has 1 nitrogen and oxygen atoms in total. The SMILES string of the molecule is Brc1cccc2c(NC3CCCCC3)cccc12. The second-order valence-corrected chi connectivity index (χ2v) is 5.97. The first-order valence-electron chi connectivity index (χ1n) is 6.78. The Labute approximate surface area is 117 Å². The van der Waals surface area contributed by atoms with Gasteiger partial charge in [0.05, 0.1) is 0 Å². The van der Waals surface area contributed by atoms with E-state index in [0.29, 0.717) is 6.04 Å². The third-order valence-corrected chi connectivity index (χ3v) is 4.53. The molecule has 1 fully saturated rings. The lowest BCUT2D eigenvalue weighted by atomic mass is 9.95. The zero-order valence-corrected chi connectivity index (χ0v) is 12.0. The second kappa shape index (κ2) is 5.31.